The van der Waals surface area contributed by atoms with Crippen molar-refractivity contribution in [3.63, 3.8) is 0 Å². The molecule has 90 valence electrons. The van der Waals surface area contributed by atoms with E-state index in [2.05, 4.69) is 6.58 Å². The van der Waals surface area contributed by atoms with Crippen molar-refractivity contribution in [3.8, 4) is 0 Å². The third-order valence-electron chi connectivity index (χ3n) is 2.49. The lowest BCUT2D eigenvalue weighted by molar-refractivity contribution is 0.192. The summed E-state index contributed by atoms with van der Waals surface area (Å²) in [6.45, 7) is 5.63. The van der Waals surface area contributed by atoms with Crippen LogP contribution in [0.4, 0.5) is 0 Å². The Kier molecular flexibility index (Phi) is 5.23. The summed E-state index contributed by atoms with van der Waals surface area (Å²) in [6.07, 6.45) is 11.2. The quantitative estimate of drug-likeness (QED) is 0.596. The highest BCUT2D eigenvalue weighted by Crippen LogP contribution is 2.38. The summed E-state index contributed by atoms with van der Waals surface area (Å²) >= 11 is 0. The number of allylic oxidation sites excluding steroid dienone is 6. The molecule has 0 amide bonds. The molecule has 3 nitrogen and oxygen atoms in total. The maximum Gasteiger partial charge on any atom is 0.546 e. The third-order valence-corrected chi connectivity index (χ3v) is 3.34. The van der Waals surface area contributed by atoms with E-state index >= 15 is 0 Å². The summed E-state index contributed by atoms with van der Waals surface area (Å²) in [4.78, 5) is 9.25. The first-order valence-corrected chi connectivity index (χ1v) is 6.50. The summed E-state index contributed by atoms with van der Waals surface area (Å²) in [5.74, 6) is -0.345. The van der Waals surface area contributed by atoms with Gasteiger partial charge in [0.1, 0.15) is 0 Å². The summed E-state index contributed by atoms with van der Waals surface area (Å²) in [5, 5.41) is 10.0. The molecule has 0 aromatic carbocycles. The first-order chi connectivity index (χ1) is 8.07. The fourth-order valence-corrected chi connectivity index (χ4v) is 2.18. The van der Waals surface area contributed by atoms with Crippen LogP contribution in [0, 0.1) is 5.92 Å². The average Bonchev–Trinajstić information content (AvgIpc) is 2.29. The first kappa shape index (κ1) is 13.8. The van der Waals surface area contributed by atoms with Crippen LogP contribution >= 0.6 is 8.03 Å². The molecule has 0 saturated heterocycles. The molecular formula is C13H16O3P+. The number of rotatable bonds is 4. The molecule has 4 heteroatoms. The zero-order valence-electron chi connectivity index (χ0n) is 9.65. The van der Waals surface area contributed by atoms with Gasteiger partial charge in [-0.3, -0.25) is 0 Å². The van der Waals surface area contributed by atoms with Crippen molar-refractivity contribution >= 4 is 8.03 Å². The van der Waals surface area contributed by atoms with Crippen LogP contribution in [-0.4, -0.2) is 16.1 Å². The molecule has 0 aliphatic heterocycles. The number of aliphatic hydroxyl groups excluding tert-OH is 1. The van der Waals surface area contributed by atoms with Crippen molar-refractivity contribution in [2.24, 2.45) is 5.92 Å². The van der Waals surface area contributed by atoms with E-state index in [-0.39, 0.29) is 11.2 Å². The van der Waals surface area contributed by atoms with Gasteiger partial charge < -0.3 is 5.11 Å². The van der Waals surface area contributed by atoms with Crippen LogP contribution in [-0.2, 0) is 4.57 Å². The maximum atomic E-state index is 11.3. The molecule has 0 saturated carbocycles. The van der Waals surface area contributed by atoms with Crippen LogP contribution in [0.2, 0.25) is 0 Å². The minimum absolute atomic E-state index is 0.266. The SMILES string of the molecule is C=C(/C(=C\C=C/C)[P+](=O)O)C1C=CC=CC1O. The van der Waals surface area contributed by atoms with Crippen molar-refractivity contribution in [2.45, 2.75) is 13.0 Å². The van der Waals surface area contributed by atoms with E-state index in [1.807, 2.05) is 6.92 Å². The van der Waals surface area contributed by atoms with Crippen molar-refractivity contribution in [1.82, 2.24) is 0 Å². The predicted octanol–water partition coefficient (Wildman–Crippen LogP) is 2.84. The van der Waals surface area contributed by atoms with E-state index in [4.69, 9.17) is 0 Å². The second-order valence-electron chi connectivity index (χ2n) is 3.66. The molecular weight excluding hydrogens is 235 g/mol. The Morgan fingerprint density at radius 3 is 2.59 bits per heavy atom. The van der Waals surface area contributed by atoms with Gasteiger partial charge in [-0.2, -0.15) is 4.89 Å². The number of hydrogen-bond acceptors (Lipinski definition) is 2. The molecule has 3 atom stereocenters. The zero-order valence-corrected chi connectivity index (χ0v) is 10.5. The summed E-state index contributed by atoms with van der Waals surface area (Å²) in [7, 11) is -2.47. The molecule has 1 rings (SSSR count). The van der Waals surface area contributed by atoms with E-state index in [0.717, 1.165) is 0 Å². The van der Waals surface area contributed by atoms with Crippen molar-refractivity contribution < 1.29 is 14.6 Å². The van der Waals surface area contributed by atoms with E-state index in [1.54, 1.807) is 42.5 Å². The van der Waals surface area contributed by atoms with Crippen LogP contribution in [0.1, 0.15) is 6.92 Å². The Bertz CT molecular complexity index is 430. The van der Waals surface area contributed by atoms with E-state index in [0.29, 0.717) is 5.57 Å². The molecule has 0 fully saturated rings. The van der Waals surface area contributed by atoms with Gasteiger partial charge >= 0.3 is 8.03 Å². The van der Waals surface area contributed by atoms with Gasteiger partial charge in [-0.1, -0.05) is 43.0 Å². The molecule has 0 bridgehead atoms. The van der Waals surface area contributed by atoms with E-state index < -0.39 is 14.1 Å². The molecule has 0 aromatic rings. The lowest BCUT2D eigenvalue weighted by Crippen LogP contribution is -2.20. The Hall–Kier alpha value is -1.28. The summed E-state index contributed by atoms with van der Waals surface area (Å²) < 4.78 is 11.3. The van der Waals surface area contributed by atoms with Crippen LogP contribution < -0.4 is 0 Å². The molecule has 3 unspecified atom stereocenters. The Labute approximate surface area is 102 Å². The second kappa shape index (κ2) is 6.45. The van der Waals surface area contributed by atoms with Crippen molar-refractivity contribution in [2.75, 3.05) is 0 Å². The Morgan fingerprint density at radius 2 is 2.06 bits per heavy atom. The Balaban J connectivity index is 2.97. The monoisotopic (exact) mass is 251 g/mol. The highest BCUT2D eigenvalue weighted by atomic mass is 31.1. The maximum absolute atomic E-state index is 11.3. The lowest BCUT2D eigenvalue weighted by atomic mass is 9.90. The molecule has 17 heavy (non-hydrogen) atoms. The zero-order chi connectivity index (χ0) is 12.8. The van der Waals surface area contributed by atoms with E-state index in [1.165, 1.54) is 0 Å². The summed E-state index contributed by atoms with van der Waals surface area (Å²) in [6, 6.07) is 0. The van der Waals surface area contributed by atoms with Crippen LogP contribution in [0.3, 0.4) is 0 Å². The minimum Gasteiger partial charge on any atom is -0.388 e. The first-order valence-electron chi connectivity index (χ1n) is 5.29. The molecule has 0 radical (unpaired) electrons. The smallest absolute Gasteiger partial charge is 0.388 e. The van der Waals surface area contributed by atoms with Gasteiger partial charge in [0.05, 0.1) is 6.10 Å². The van der Waals surface area contributed by atoms with Gasteiger partial charge in [0.15, 0.2) is 0 Å². The number of aliphatic hydroxyl groups is 1. The average molecular weight is 251 g/mol. The van der Waals surface area contributed by atoms with Gasteiger partial charge in [0.2, 0.25) is 5.31 Å². The Morgan fingerprint density at radius 1 is 1.41 bits per heavy atom. The fraction of sp³-hybridized carbons (Fsp3) is 0.231. The fourth-order valence-electron chi connectivity index (χ4n) is 1.57. The molecule has 1 aliphatic rings. The predicted molar refractivity (Wildman–Crippen MR) is 69.6 cm³/mol. The standard InChI is InChI=1S/C13H15O3P/c1-3-4-9-13(17(15)16)10(2)11-7-5-6-8-12(11)14/h3-9,11-12,14H,2H2,1H3/p+1/b4-3-,13-9+. The molecule has 1 aliphatic carbocycles. The van der Waals surface area contributed by atoms with Crippen LogP contribution in [0.5, 0.6) is 0 Å². The minimum atomic E-state index is -2.47. The topological polar surface area (TPSA) is 57.5 Å². The van der Waals surface area contributed by atoms with E-state index in [9.17, 15) is 14.6 Å². The number of hydrogen-bond donors (Lipinski definition) is 2. The lowest BCUT2D eigenvalue weighted by Gasteiger charge is -2.19. The van der Waals surface area contributed by atoms with Gasteiger partial charge in [0, 0.05) is 11.5 Å². The van der Waals surface area contributed by atoms with Gasteiger partial charge in [-0.15, -0.1) is 0 Å². The highest BCUT2D eigenvalue weighted by Gasteiger charge is 2.31. The molecule has 0 heterocycles. The second-order valence-corrected chi connectivity index (χ2v) is 4.69. The molecule has 2 N–H and O–H groups in total. The molecule has 0 aromatic heterocycles. The van der Waals surface area contributed by atoms with Crippen LogP contribution in [0.15, 0.2) is 60.0 Å². The van der Waals surface area contributed by atoms with Gasteiger partial charge in [-0.25, -0.2) is 0 Å². The largest absolute Gasteiger partial charge is 0.546 e. The highest BCUT2D eigenvalue weighted by molar-refractivity contribution is 7.43. The normalized spacial score (nSPS) is 25.4. The molecule has 0 spiro atoms. The van der Waals surface area contributed by atoms with Crippen molar-refractivity contribution in [3.05, 3.63) is 60.0 Å². The van der Waals surface area contributed by atoms with Gasteiger partial charge in [0.25, 0.3) is 0 Å². The summed E-state index contributed by atoms with van der Waals surface area (Å²) in [5.41, 5.74) is 0.472. The third kappa shape index (κ3) is 3.60. The van der Waals surface area contributed by atoms with Gasteiger partial charge in [-0.05, 0) is 17.6 Å². The van der Waals surface area contributed by atoms with Crippen LogP contribution in [0.25, 0.3) is 0 Å². The van der Waals surface area contributed by atoms with Crippen molar-refractivity contribution in [1.29, 1.82) is 0 Å².